The Hall–Kier alpha value is -0.850. The number of carbonyl (C=O) groups is 1. The van der Waals surface area contributed by atoms with E-state index in [1.54, 1.807) is 26.4 Å². The molecule has 1 atom stereocenters. The van der Waals surface area contributed by atoms with E-state index in [4.69, 9.17) is 16.3 Å². The summed E-state index contributed by atoms with van der Waals surface area (Å²) < 4.78 is 6.33. The zero-order valence-corrected chi connectivity index (χ0v) is 13.1. The first kappa shape index (κ1) is 14.6. The number of hydrogen-bond donors (Lipinski definition) is 0. The molecule has 1 saturated heterocycles. The maximum Gasteiger partial charge on any atom is 0.253 e. The number of carbonyl (C=O) groups excluding carboxylic acids is 1. The summed E-state index contributed by atoms with van der Waals surface area (Å²) >= 11 is 9.51. The van der Waals surface area contributed by atoms with Crippen LogP contribution in [0.15, 0.2) is 16.7 Å². The van der Waals surface area contributed by atoms with E-state index < -0.39 is 6.10 Å². The van der Waals surface area contributed by atoms with Gasteiger partial charge in [-0.15, -0.1) is 0 Å². The average molecular weight is 349 g/mol. The van der Waals surface area contributed by atoms with Gasteiger partial charge in [0.15, 0.2) is 6.10 Å². The summed E-state index contributed by atoms with van der Waals surface area (Å²) in [4.78, 5) is 19.7. The summed E-state index contributed by atoms with van der Waals surface area (Å²) in [7, 11) is 3.44. The van der Waals surface area contributed by atoms with Crippen molar-refractivity contribution in [3.8, 4) is 0 Å². The van der Waals surface area contributed by atoms with Crippen LogP contribution >= 0.6 is 27.5 Å². The third kappa shape index (κ3) is 3.38. The predicted octanol–water partition coefficient (Wildman–Crippen LogP) is 1.79. The Morgan fingerprint density at radius 3 is 3.00 bits per heavy atom. The molecule has 0 bridgehead atoms. The molecular weight excluding hydrogens is 334 g/mol. The normalized spacial score (nSPS) is 19.4. The van der Waals surface area contributed by atoms with Crippen molar-refractivity contribution >= 4 is 39.3 Å². The Morgan fingerprint density at radius 2 is 2.37 bits per heavy atom. The number of pyridine rings is 1. The molecule has 0 saturated carbocycles. The van der Waals surface area contributed by atoms with E-state index in [9.17, 15) is 4.79 Å². The first-order chi connectivity index (χ1) is 8.99. The molecule has 19 heavy (non-hydrogen) atoms. The van der Waals surface area contributed by atoms with Gasteiger partial charge in [0.05, 0.1) is 18.2 Å². The van der Waals surface area contributed by atoms with Gasteiger partial charge in [0, 0.05) is 31.3 Å². The molecule has 2 rings (SSSR count). The van der Waals surface area contributed by atoms with Crippen LogP contribution in [0.2, 0.25) is 5.02 Å². The van der Waals surface area contributed by atoms with Gasteiger partial charge in [0.25, 0.3) is 5.91 Å². The van der Waals surface area contributed by atoms with Crippen molar-refractivity contribution in [1.29, 1.82) is 0 Å². The molecule has 0 aromatic carbocycles. The summed E-state index contributed by atoms with van der Waals surface area (Å²) in [6.07, 6.45) is 1.23. The molecule has 104 valence electrons. The number of hydrogen-bond acceptors (Lipinski definition) is 4. The van der Waals surface area contributed by atoms with Crippen LogP contribution in [0.3, 0.4) is 0 Å². The maximum absolute atomic E-state index is 11.9. The van der Waals surface area contributed by atoms with Gasteiger partial charge in [-0.2, -0.15) is 0 Å². The van der Waals surface area contributed by atoms with Gasteiger partial charge < -0.3 is 14.5 Å². The van der Waals surface area contributed by atoms with Crippen LogP contribution in [0.1, 0.15) is 0 Å². The summed E-state index contributed by atoms with van der Waals surface area (Å²) in [6, 6.07) is 1.79. The van der Waals surface area contributed by atoms with Gasteiger partial charge in [-0.05, 0) is 22.0 Å². The van der Waals surface area contributed by atoms with Gasteiger partial charge in [-0.3, -0.25) is 4.79 Å². The molecule has 1 aromatic heterocycles. The topological polar surface area (TPSA) is 45.7 Å². The highest BCUT2D eigenvalue weighted by Gasteiger charge is 2.29. The van der Waals surface area contributed by atoms with Gasteiger partial charge in [-0.25, -0.2) is 4.98 Å². The summed E-state index contributed by atoms with van der Waals surface area (Å²) in [5, 5.41) is 0.562. The largest absolute Gasteiger partial charge is 0.365 e. The summed E-state index contributed by atoms with van der Waals surface area (Å²) in [6.45, 7) is 1.62. The molecular formula is C12H15BrClN3O2. The molecule has 1 aliphatic rings. The Labute approximate surface area is 125 Å². The van der Waals surface area contributed by atoms with Crippen LogP contribution in [-0.4, -0.2) is 55.7 Å². The van der Waals surface area contributed by atoms with Crippen molar-refractivity contribution in [2.75, 3.05) is 38.7 Å². The fourth-order valence-electron chi connectivity index (χ4n) is 1.92. The fraction of sp³-hybridized carbons (Fsp3) is 0.500. The van der Waals surface area contributed by atoms with E-state index in [2.05, 4.69) is 20.9 Å². The molecule has 5 nitrogen and oxygen atoms in total. The van der Waals surface area contributed by atoms with Gasteiger partial charge in [0.1, 0.15) is 5.82 Å². The van der Waals surface area contributed by atoms with Gasteiger partial charge in [-0.1, -0.05) is 11.6 Å². The molecule has 0 radical (unpaired) electrons. The number of ether oxygens (including phenoxy) is 1. The SMILES string of the molecule is CN(C)C(=O)C1CN(c2ncc(Br)cc2Cl)CCO1. The molecule has 1 aliphatic heterocycles. The quantitative estimate of drug-likeness (QED) is 0.817. The van der Waals surface area contributed by atoms with Crippen LogP contribution in [0.25, 0.3) is 0 Å². The fourth-order valence-corrected chi connectivity index (χ4v) is 2.67. The maximum atomic E-state index is 11.9. The minimum Gasteiger partial charge on any atom is -0.365 e. The van der Waals surface area contributed by atoms with Crippen molar-refractivity contribution in [2.24, 2.45) is 0 Å². The van der Waals surface area contributed by atoms with Crippen LogP contribution in [0, 0.1) is 0 Å². The zero-order chi connectivity index (χ0) is 14.0. The third-order valence-corrected chi connectivity index (χ3v) is 3.58. The van der Waals surface area contributed by atoms with E-state index >= 15 is 0 Å². The Kier molecular flexibility index (Phi) is 4.65. The highest BCUT2D eigenvalue weighted by molar-refractivity contribution is 9.10. The smallest absolute Gasteiger partial charge is 0.253 e. The number of amides is 1. The van der Waals surface area contributed by atoms with E-state index in [0.717, 1.165) is 4.47 Å². The number of halogens is 2. The number of anilines is 1. The van der Waals surface area contributed by atoms with Crippen molar-refractivity contribution in [3.63, 3.8) is 0 Å². The second-order valence-electron chi connectivity index (χ2n) is 4.50. The molecule has 2 heterocycles. The standard InChI is InChI=1S/C12H15BrClN3O2/c1-16(2)12(18)10-7-17(3-4-19-10)11-9(14)5-8(13)6-15-11/h5-6,10H,3-4,7H2,1-2H3. The average Bonchev–Trinajstić information content (AvgIpc) is 2.38. The lowest BCUT2D eigenvalue weighted by atomic mass is 10.2. The molecule has 1 aromatic rings. The molecule has 0 aliphatic carbocycles. The first-order valence-corrected chi connectivity index (χ1v) is 7.05. The van der Waals surface area contributed by atoms with Crippen molar-refractivity contribution in [3.05, 3.63) is 21.8 Å². The predicted molar refractivity (Wildman–Crippen MR) is 77.6 cm³/mol. The lowest BCUT2D eigenvalue weighted by Gasteiger charge is -2.34. The number of aromatic nitrogens is 1. The van der Waals surface area contributed by atoms with Gasteiger partial charge in [0.2, 0.25) is 0 Å². The molecule has 0 spiro atoms. The first-order valence-electron chi connectivity index (χ1n) is 5.88. The Morgan fingerprint density at radius 1 is 1.63 bits per heavy atom. The number of nitrogens with zero attached hydrogens (tertiary/aromatic N) is 3. The van der Waals surface area contributed by atoms with E-state index in [1.807, 2.05) is 4.90 Å². The van der Waals surface area contributed by atoms with Crippen molar-refractivity contribution in [2.45, 2.75) is 6.10 Å². The van der Waals surface area contributed by atoms with E-state index in [-0.39, 0.29) is 5.91 Å². The lowest BCUT2D eigenvalue weighted by Crippen LogP contribution is -2.49. The summed E-state index contributed by atoms with van der Waals surface area (Å²) in [5.74, 6) is 0.641. The molecule has 1 amide bonds. The molecule has 1 unspecified atom stereocenters. The van der Waals surface area contributed by atoms with Crippen LogP contribution in [0.4, 0.5) is 5.82 Å². The van der Waals surface area contributed by atoms with Crippen LogP contribution < -0.4 is 4.90 Å². The van der Waals surface area contributed by atoms with Crippen LogP contribution in [-0.2, 0) is 9.53 Å². The molecule has 1 fully saturated rings. The second-order valence-corrected chi connectivity index (χ2v) is 5.82. The third-order valence-electron chi connectivity index (χ3n) is 2.87. The minimum absolute atomic E-state index is 0.0436. The second kappa shape index (κ2) is 6.07. The van der Waals surface area contributed by atoms with Crippen molar-refractivity contribution in [1.82, 2.24) is 9.88 Å². The molecule has 0 N–H and O–H groups in total. The number of morpholine rings is 1. The lowest BCUT2D eigenvalue weighted by molar-refractivity contribution is -0.141. The number of rotatable bonds is 2. The Balaban J connectivity index is 2.15. The van der Waals surface area contributed by atoms with Crippen molar-refractivity contribution < 1.29 is 9.53 Å². The highest BCUT2D eigenvalue weighted by atomic mass is 79.9. The van der Waals surface area contributed by atoms with Crippen LogP contribution in [0.5, 0.6) is 0 Å². The number of likely N-dealkylation sites (N-methyl/N-ethyl adjacent to an activating group) is 1. The zero-order valence-electron chi connectivity index (χ0n) is 10.8. The monoisotopic (exact) mass is 347 g/mol. The summed E-state index contributed by atoms with van der Waals surface area (Å²) in [5.41, 5.74) is 0. The van der Waals surface area contributed by atoms with Gasteiger partial charge >= 0.3 is 0 Å². The minimum atomic E-state index is -0.467. The molecule has 7 heteroatoms. The van der Waals surface area contributed by atoms with E-state index in [0.29, 0.717) is 30.5 Å². The Bertz CT molecular complexity index is 484. The van der Waals surface area contributed by atoms with E-state index in [1.165, 1.54) is 4.90 Å². The highest BCUT2D eigenvalue weighted by Crippen LogP contribution is 2.27.